The predicted molar refractivity (Wildman–Crippen MR) is 86.2 cm³/mol. The Balaban J connectivity index is 2.03. The smallest absolute Gasteiger partial charge is 0.292 e. The number of aryl methyl sites for hydroxylation is 1. The molecular formula is C18H14F2N2O2. The summed E-state index contributed by atoms with van der Waals surface area (Å²) in [7, 11) is 1.41. The van der Waals surface area contributed by atoms with Crippen molar-refractivity contribution in [2.45, 2.75) is 6.92 Å². The van der Waals surface area contributed by atoms with Crippen LogP contribution in [0.5, 0.6) is 0 Å². The number of urea groups is 1. The van der Waals surface area contributed by atoms with E-state index >= 15 is 0 Å². The van der Waals surface area contributed by atoms with Crippen LogP contribution in [-0.2, 0) is 4.79 Å². The lowest BCUT2D eigenvalue weighted by Gasteiger charge is -2.14. The van der Waals surface area contributed by atoms with E-state index in [-0.39, 0.29) is 5.70 Å². The highest BCUT2D eigenvalue weighted by molar-refractivity contribution is 6.28. The van der Waals surface area contributed by atoms with Gasteiger partial charge in [-0.3, -0.25) is 9.69 Å². The molecule has 1 fully saturated rings. The van der Waals surface area contributed by atoms with Crippen molar-refractivity contribution < 1.29 is 18.4 Å². The molecule has 2 aromatic carbocycles. The number of likely N-dealkylation sites (N-methyl/N-ethyl adjacent to an activating group) is 1. The molecule has 1 saturated heterocycles. The second-order valence-corrected chi connectivity index (χ2v) is 5.52. The van der Waals surface area contributed by atoms with Crippen molar-refractivity contribution >= 4 is 23.7 Å². The molecular weight excluding hydrogens is 314 g/mol. The Kier molecular flexibility index (Phi) is 3.89. The number of hydrogen-bond acceptors (Lipinski definition) is 2. The molecule has 0 spiro atoms. The summed E-state index contributed by atoms with van der Waals surface area (Å²) in [5.41, 5.74) is 1.48. The summed E-state index contributed by atoms with van der Waals surface area (Å²) in [6.07, 6.45) is 1.54. The number of hydrogen-bond donors (Lipinski definition) is 0. The fraction of sp³-hybridized carbons (Fsp3) is 0.111. The van der Waals surface area contributed by atoms with E-state index in [9.17, 15) is 18.4 Å². The lowest BCUT2D eigenvalue weighted by atomic mass is 10.1. The van der Waals surface area contributed by atoms with Crippen LogP contribution < -0.4 is 4.90 Å². The van der Waals surface area contributed by atoms with Crippen LogP contribution >= 0.6 is 0 Å². The number of carbonyl (C=O) groups is 2. The van der Waals surface area contributed by atoms with Gasteiger partial charge < -0.3 is 0 Å². The van der Waals surface area contributed by atoms with Gasteiger partial charge in [0.1, 0.15) is 17.3 Å². The Morgan fingerprint density at radius 2 is 1.67 bits per heavy atom. The van der Waals surface area contributed by atoms with Gasteiger partial charge in [-0.15, -0.1) is 0 Å². The summed E-state index contributed by atoms with van der Waals surface area (Å²) in [6, 6.07) is 9.26. The van der Waals surface area contributed by atoms with Crippen molar-refractivity contribution in [1.82, 2.24) is 4.90 Å². The fourth-order valence-corrected chi connectivity index (χ4v) is 2.45. The molecule has 0 saturated carbocycles. The second kappa shape index (κ2) is 5.88. The molecule has 0 bridgehead atoms. The molecule has 6 heteroatoms. The van der Waals surface area contributed by atoms with Gasteiger partial charge in [-0.05, 0) is 30.7 Å². The van der Waals surface area contributed by atoms with Crippen LogP contribution in [0.2, 0.25) is 0 Å². The zero-order valence-corrected chi connectivity index (χ0v) is 13.1. The number of anilines is 1. The minimum absolute atomic E-state index is 0.0903. The molecule has 1 heterocycles. The van der Waals surface area contributed by atoms with E-state index in [4.69, 9.17) is 0 Å². The highest BCUT2D eigenvalue weighted by atomic mass is 19.1. The molecule has 24 heavy (non-hydrogen) atoms. The molecule has 4 nitrogen and oxygen atoms in total. The average molecular weight is 328 g/mol. The molecule has 0 N–H and O–H groups in total. The maximum absolute atomic E-state index is 13.9. The lowest BCUT2D eigenvalue weighted by Crippen LogP contribution is -2.32. The Hall–Kier alpha value is -3.02. The van der Waals surface area contributed by atoms with Crippen molar-refractivity contribution in [3.63, 3.8) is 0 Å². The third-order valence-electron chi connectivity index (χ3n) is 3.79. The Morgan fingerprint density at radius 3 is 2.33 bits per heavy atom. The van der Waals surface area contributed by atoms with Crippen LogP contribution in [0.25, 0.3) is 6.08 Å². The first-order valence-electron chi connectivity index (χ1n) is 7.24. The Morgan fingerprint density at radius 1 is 1.00 bits per heavy atom. The van der Waals surface area contributed by atoms with Crippen LogP contribution in [0, 0.1) is 18.6 Å². The number of halogens is 2. The largest absolute Gasteiger partial charge is 0.336 e. The van der Waals surface area contributed by atoms with Gasteiger partial charge in [-0.25, -0.2) is 18.5 Å². The van der Waals surface area contributed by atoms with E-state index in [1.807, 2.05) is 19.1 Å². The third kappa shape index (κ3) is 2.67. The van der Waals surface area contributed by atoms with Gasteiger partial charge in [0, 0.05) is 13.1 Å². The van der Waals surface area contributed by atoms with E-state index < -0.39 is 29.3 Å². The standard InChI is InChI=1S/C18H14F2N2O2/c1-11-3-5-12(6-4-11)9-16-17(23)22(18(24)21(16)2)15-10-13(19)7-8-14(15)20/h3-10H,1-2H3. The molecule has 1 aliphatic heterocycles. The highest BCUT2D eigenvalue weighted by Gasteiger charge is 2.41. The molecule has 1 aliphatic rings. The number of nitrogens with zero attached hydrogens (tertiary/aromatic N) is 2. The fourth-order valence-electron chi connectivity index (χ4n) is 2.45. The zero-order valence-electron chi connectivity index (χ0n) is 13.1. The first-order chi connectivity index (χ1) is 11.4. The molecule has 3 amide bonds. The van der Waals surface area contributed by atoms with Crippen molar-refractivity contribution in [2.75, 3.05) is 11.9 Å². The van der Waals surface area contributed by atoms with E-state index in [1.165, 1.54) is 13.1 Å². The molecule has 0 aromatic heterocycles. The van der Waals surface area contributed by atoms with Gasteiger partial charge in [-0.2, -0.15) is 0 Å². The molecule has 0 radical (unpaired) electrons. The number of imide groups is 1. The maximum Gasteiger partial charge on any atom is 0.336 e. The average Bonchev–Trinajstić information content (AvgIpc) is 2.76. The first kappa shape index (κ1) is 15.9. The number of rotatable bonds is 2. The quantitative estimate of drug-likeness (QED) is 0.623. The molecule has 0 aliphatic carbocycles. The molecule has 2 aromatic rings. The zero-order chi connectivity index (χ0) is 17.4. The van der Waals surface area contributed by atoms with Gasteiger partial charge in [0.25, 0.3) is 5.91 Å². The molecule has 0 unspecified atom stereocenters. The summed E-state index contributed by atoms with van der Waals surface area (Å²) >= 11 is 0. The predicted octanol–water partition coefficient (Wildman–Crippen LogP) is 3.71. The molecule has 3 rings (SSSR count). The van der Waals surface area contributed by atoms with Gasteiger partial charge in [0.2, 0.25) is 0 Å². The molecule has 0 atom stereocenters. The van der Waals surface area contributed by atoms with E-state index in [1.54, 1.807) is 12.1 Å². The van der Waals surface area contributed by atoms with Gasteiger partial charge >= 0.3 is 6.03 Å². The van der Waals surface area contributed by atoms with E-state index in [0.29, 0.717) is 4.90 Å². The number of benzene rings is 2. The minimum Gasteiger partial charge on any atom is -0.292 e. The summed E-state index contributed by atoms with van der Waals surface area (Å²) < 4.78 is 27.3. The topological polar surface area (TPSA) is 40.6 Å². The Labute approximate surface area is 137 Å². The second-order valence-electron chi connectivity index (χ2n) is 5.52. The van der Waals surface area contributed by atoms with Crippen molar-refractivity contribution in [1.29, 1.82) is 0 Å². The SMILES string of the molecule is Cc1ccc(C=C2C(=O)N(c3cc(F)ccc3F)C(=O)N2C)cc1. The van der Waals surface area contributed by atoms with E-state index in [0.717, 1.165) is 34.2 Å². The monoisotopic (exact) mass is 328 g/mol. The van der Waals surface area contributed by atoms with E-state index in [2.05, 4.69) is 0 Å². The van der Waals surface area contributed by atoms with Crippen molar-refractivity contribution in [3.05, 3.63) is 70.9 Å². The van der Waals surface area contributed by atoms with Gasteiger partial charge in [0.05, 0.1) is 5.69 Å². The highest BCUT2D eigenvalue weighted by Crippen LogP contribution is 2.30. The summed E-state index contributed by atoms with van der Waals surface area (Å²) in [6.45, 7) is 1.93. The first-order valence-corrected chi connectivity index (χ1v) is 7.24. The third-order valence-corrected chi connectivity index (χ3v) is 3.79. The van der Waals surface area contributed by atoms with Crippen LogP contribution in [0.1, 0.15) is 11.1 Å². The Bertz CT molecular complexity index is 860. The van der Waals surface area contributed by atoms with Crippen molar-refractivity contribution in [2.24, 2.45) is 0 Å². The number of carbonyl (C=O) groups excluding carboxylic acids is 2. The summed E-state index contributed by atoms with van der Waals surface area (Å²) in [4.78, 5) is 26.7. The minimum atomic E-state index is -0.844. The van der Waals surface area contributed by atoms with Gasteiger partial charge in [-0.1, -0.05) is 29.8 Å². The normalized spacial score (nSPS) is 16.4. The summed E-state index contributed by atoms with van der Waals surface area (Å²) in [5.74, 6) is -2.28. The van der Waals surface area contributed by atoms with Crippen LogP contribution in [0.3, 0.4) is 0 Å². The molecule has 122 valence electrons. The van der Waals surface area contributed by atoms with Crippen LogP contribution in [0.15, 0.2) is 48.2 Å². The maximum atomic E-state index is 13.9. The van der Waals surface area contributed by atoms with Crippen molar-refractivity contribution in [3.8, 4) is 0 Å². The van der Waals surface area contributed by atoms with Gasteiger partial charge in [0.15, 0.2) is 0 Å². The lowest BCUT2D eigenvalue weighted by molar-refractivity contribution is -0.114. The summed E-state index contributed by atoms with van der Waals surface area (Å²) in [5, 5.41) is 0. The van der Waals surface area contributed by atoms with Crippen LogP contribution in [0.4, 0.5) is 19.3 Å². The number of amides is 3. The van der Waals surface area contributed by atoms with Crippen LogP contribution in [-0.4, -0.2) is 23.9 Å².